The number of nitrogens with zero attached hydrogens (tertiary/aromatic N) is 2. The third-order valence-corrected chi connectivity index (χ3v) is 4.58. The third-order valence-electron chi connectivity index (χ3n) is 4.58. The van der Waals surface area contributed by atoms with E-state index in [2.05, 4.69) is 11.8 Å². The molecule has 20 heavy (non-hydrogen) atoms. The average Bonchev–Trinajstić information content (AvgIpc) is 3.24. The van der Waals surface area contributed by atoms with Crippen molar-refractivity contribution in [1.29, 1.82) is 0 Å². The zero-order valence-corrected chi connectivity index (χ0v) is 13.1. The van der Waals surface area contributed by atoms with Gasteiger partial charge in [-0.1, -0.05) is 19.3 Å². The predicted octanol–water partition coefficient (Wildman–Crippen LogP) is 2.01. The van der Waals surface area contributed by atoms with E-state index in [1.54, 1.807) is 0 Å². The van der Waals surface area contributed by atoms with Gasteiger partial charge in [-0.3, -0.25) is 9.69 Å². The van der Waals surface area contributed by atoms with Gasteiger partial charge in [0.1, 0.15) is 0 Å². The summed E-state index contributed by atoms with van der Waals surface area (Å²) in [6, 6.07) is 0.979. The number of likely N-dealkylation sites (N-methyl/N-ethyl adjacent to an activating group) is 1. The Morgan fingerprint density at radius 1 is 1.15 bits per heavy atom. The number of carbonyl (C=O) groups excluding carboxylic acids is 1. The van der Waals surface area contributed by atoms with Crippen molar-refractivity contribution in [2.45, 2.75) is 77.0 Å². The van der Waals surface area contributed by atoms with Crippen molar-refractivity contribution in [2.75, 3.05) is 19.6 Å². The fourth-order valence-electron chi connectivity index (χ4n) is 3.42. The Hall–Kier alpha value is -0.610. The maximum absolute atomic E-state index is 12.5. The first-order valence-electron chi connectivity index (χ1n) is 8.33. The van der Waals surface area contributed by atoms with Gasteiger partial charge in [0.05, 0.1) is 12.6 Å². The molecule has 1 N–H and O–H groups in total. The van der Waals surface area contributed by atoms with Crippen molar-refractivity contribution in [3.8, 4) is 0 Å². The highest BCUT2D eigenvalue weighted by molar-refractivity contribution is 5.79. The largest absolute Gasteiger partial charge is 0.392 e. The van der Waals surface area contributed by atoms with Crippen LogP contribution in [0.1, 0.15) is 58.8 Å². The first-order valence-corrected chi connectivity index (χ1v) is 8.33. The molecule has 0 radical (unpaired) electrons. The molecule has 0 unspecified atom stereocenters. The van der Waals surface area contributed by atoms with E-state index in [4.69, 9.17) is 0 Å². The molecule has 2 rings (SSSR count). The molecule has 4 nitrogen and oxygen atoms in total. The molecule has 116 valence electrons. The molecular weight excluding hydrogens is 252 g/mol. The fourth-order valence-corrected chi connectivity index (χ4v) is 3.42. The number of amides is 1. The van der Waals surface area contributed by atoms with Gasteiger partial charge in [-0.25, -0.2) is 0 Å². The summed E-state index contributed by atoms with van der Waals surface area (Å²) in [5, 5.41) is 9.72. The second-order valence-electron chi connectivity index (χ2n) is 6.48. The molecule has 0 spiro atoms. The molecule has 4 heteroatoms. The van der Waals surface area contributed by atoms with Crippen LogP contribution in [0.4, 0.5) is 0 Å². The van der Waals surface area contributed by atoms with Crippen molar-refractivity contribution >= 4 is 5.91 Å². The molecular formula is C16H30N2O2. The first kappa shape index (κ1) is 15.8. The molecule has 0 aromatic carbocycles. The van der Waals surface area contributed by atoms with E-state index in [1.807, 2.05) is 11.8 Å². The van der Waals surface area contributed by atoms with Crippen LogP contribution in [0.15, 0.2) is 0 Å². The molecule has 1 atom stereocenters. The molecule has 0 heterocycles. The molecule has 2 aliphatic rings. The first-order chi connectivity index (χ1) is 9.61. The monoisotopic (exact) mass is 282 g/mol. The summed E-state index contributed by atoms with van der Waals surface area (Å²) >= 11 is 0. The molecule has 2 saturated carbocycles. The summed E-state index contributed by atoms with van der Waals surface area (Å²) in [7, 11) is 0. The van der Waals surface area contributed by atoms with Gasteiger partial charge in [0.2, 0.25) is 5.91 Å². The normalized spacial score (nSPS) is 22.0. The van der Waals surface area contributed by atoms with E-state index >= 15 is 0 Å². The van der Waals surface area contributed by atoms with Gasteiger partial charge in [0.15, 0.2) is 0 Å². The number of aliphatic hydroxyl groups is 1. The van der Waals surface area contributed by atoms with Crippen LogP contribution in [0.2, 0.25) is 0 Å². The Bertz CT molecular complexity index is 310. The van der Waals surface area contributed by atoms with E-state index in [9.17, 15) is 9.90 Å². The second kappa shape index (κ2) is 7.41. The highest BCUT2D eigenvalue weighted by atomic mass is 16.3. The molecule has 0 saturated heterocycles. The smallest absolute Gasteiger partial charge is 0.236 e. The van der Waals surface area contributed by atoms with E-state index in [1.165, 1.54) is 44.9 Å². The Kier molecular flexibility index (Phi) is 5.85. The van der Waals surface area contributed by atoms with Crippen molar-refractivity contribution in [3.05, 3.63) is 0 Å². The Labute approximate surface area is 123 Å². The lowest BCUT2D eigenvalue weighted by atomic mass is 9.94. The zero-order chi connectivity index (χ0) is 14.5. The minimum atomic E-state index is -0.360. The SMILES string of the molecule is CCN(C(=O)CN(C[C@H](C)O)C1CCCCC1)C1CC1. The van der Waals surface area contributed by atoms with Crippen LogP contribution in [0.5, 0.6) is 0 Å². The number of hydrogen-bond acceptors (Lipinski definition) is 3. The second-order valence-corrected chi connectivity index (χ2v) is 6.48. The summed E-state index contributed by atoms with van der Waals surface area (Å²) in [6.07, 6.45) is 8.16. The molecule has 0 aliphatic heterocycles. The van der Waals surface area contributed by atoms with Crippen molar-refractivity contribution in [2.24, 2.45) is 0 Å². The standard InChI is InChI=1S/C16H30N2O2/c1-3-18(15-9-10-15)16(20)12-17(11-13(2)19)14-7-5-4-6-8-14/h13-15,19H,3-12H2,1-2H3/t13-/m0/s1. The maximum Gasteiger partial charge on any atom is 0.236 e. The van der Waals surface area contributed by atoms with Gasteiger partial charge in [0, 0.05) is 25.2 Å². The van der Waals surface area contributed by atoms with Gasteiger partial charge < -0.3 is 10.0 Å². The molecule has 0 aromatic rings. The summed E-state index contributed by atoms with van der Waals surface area (Å²) in [5.41, 5.74) is 0. The van der Waals surface area contributed by atoms with E-state index in [-0.39, 0.29) is 12.0 Å². The van der Waals surface area contributed by atoms with E-state index in [0.29, 0.717) is 25.2 Å². The topological polar surface area (TPSA) is 43.8 Å². The minimum Gasteiger partial charge on any atom is -0.392 e. The van der Waals surface area contributed by atoms with Crippen LogP contribution >= 0.6 is 0 Å². The van der Waals surface area contributed by atoms with Crippen LogP contribution < -0.4 is 0 Å². The summed E-state index contributed by atoms with van der Waals surface area (Å²) < 4.78 is 0. The zero-order valence-electron chi connectivity index (χ0n) is 13.1. The highest BCUT2D eigenvalue weighted by Crippen LogP contribution is 2.27. The summed E-state index contributed by atoms with van der Waals surface area (Å²) in [6.45, 7) is 5.81. The summed E-state index contributed by atoms with van der Waals surface area (Å²) in [5.74, 6) is 0.251. The Balaban J connectivity index is 1.93. The van der Waals surface area contributed by atoms with Gasteiger partial charge in [-0.2, -0.15) is 0 Å². The lowest BCUT2D eigenvalue weighted by molar-refractivity contribution is -0.134. The van der Waals surface area contributed by atoms with Gasteiger partial charge in [-0.15, -0.1) is 0 Å². The maximum atomic E-state index is 12.5. The van der Waals surface area contributed by atoms with E-state index < -0.39 is 0 Å². The predicted molar refractivity (Wildman–Crippen MR) is 80.5 cm³/mol. The number of hydrogen-bond donors (Lipinski definition) is 1. The average molecular weight is 282 g/mol. The third kappa shape index (κ3) is 4.45. The minimum absolute atomic E-state index is 0.251. The number of carbonyl (C=O) groups is 1. The van der Waals surface area contributed by atoms with Crippen molar-refractivity contribution in [3.63, 3.8) is 0 Å². The van der Waals surface area contributed by atoms with Crippen molar-refractivity contribution < 1.29 is 9.90 Å². The lowest BCUT2D eigenvalue weighted by Crippen LogP contribution is -2.48. The van der Waals surface area contributed by atoms with Gasteiger partial charge in [0.25, 0.3) is 0 Å². The quantitative estimate of drug-likeness (QED) is 0.777. The number of rotatable bonds is 7. The Morgan fingerprint density at radius 3 is 2.30 bits per heavy atom. The molecule has 2 fully saturated rings. The van der Waals surface area contributed by atoms with Crippen LogP contribution in [-0.4, -0.2) is 58.6 Å². The lowest BCUT2D eigenvalue weighted by Gasteiger charge is -2.36. The Morgan fingerprint density at radius 2 is 1.80 bits per heavy atom. The van der Waals surface area contributed by atoms with Crippen LogP contribution in [0.3, 0.4) is 0 Å². The molecule has 2 aliphatic carbocycles. The van der Waals surface area contributed by atoms with Gasteiger partial charge >= 0.3 is 0 Å². The fraction of sp³-hybridized carbons (Fsp3) is 0.938. The van der Waals surface area contributed by atoms with Gasteiger partial charge in [-0.05, 0) is 39.5 Å². The highest BCUT2D eigenvalue weighted by Gasteiger charge is 2.33. The van der Waals surface area contributed by atoms with E-state index in [0.717, 1.165) is 6.54 Å². The molecule has 0 aromatic heterocycles. The van der Waals surface area contributed by atoms with Crippen molar-refractivity contribution in [1.82, 2.24) is 9.80 Å². The van der Waals surface area contributed by atoms with Crippen LogP contribution in [-0.2, 0) is 4.79 Å². The molecule has 1 amide bonds. The summed E-state index contributed by atoms with van der Waals surface area (Å²) in [4.78, 5) is 16.8. The van der Waals surface area contributed by atoms with Crippen LogP contribution in [0.25, 0.3) is 0 Å². The number of aliphatic hydroxyl groups excluding tert-OH is 1. The van der Waals surface area contributed by atoms with Crippen LogP contribution in [0, 0.1) is 0 Å². The molecule has 0 bridgehead atoms.